The molecule has 0 saturated heterocycles. The van der Waals surface area contributed by atoms with Crippen LogP contribution in [0.25, 0.3) is 22.2 Å². The van der Waals surface area contributed by atoms with Gasteiger partial charge in [0.25, 0.3) is 5.56 Å². The van der Waals surface area contributed by atoms with Crippen molar-refractivity contribution in [2.24, 2.45) is 0 Å². The molecule has 3 rings (SSSR count). The van der Waals surface area contributed by atoms with Crippen LogP contribution in [0.4, 0.5) is 13.2 Å². The first kappa shape index (κ1) is 14.1. The van der Waals surface area contributed by atoms with Gasteiger partial charge in [0, 0.05) is 11.8 Å². The molecule has 3 aromatic rings. The molecule has 2 heterocycles. The first-order valence-electron chi connectivity index (χ1n) is 6.15. The third-order valence-electron chi connectivity index (χ3n) is 3.12. The fourth-order valence-corrected chi connectivity index (χ4v) is 2.18. The molecular formula is C14H8F3N3O2. The summed E-state index contributed by atoms with van der Waals surface area (Å²) < 4.78 is 39.8. The Hall–Kier alpha value is -2.90. The number of hydrogen-bond donors (Lipinski definition) is 2. The maximum absolute atomic E-state index is 13.3. The summed E-state index contributed by atoms with van der Waals surface area (Å²) >= 11 is 0. The molecule has 0 aliphatic heterocycles. The molecule has 0 amide bonds. The Morgan fingerprint density at radius 2 is 1.82 bits per heavy atom. The van der Waals surface area contributed by atoms with E-state index in [-0.39, 0.29) is 22.2 Å². The number of aromatic amines is 2. The molecule has 0 fully saturated rings. The zero-order chi connectivity index (χ0) is 15.9. The maximum Gasteiger partial charge on any atom is 0.417 e. The van der Waals surface area contributed by atoms with E-state index in [0.29, 0.717) is 0 Å². The van der Waals surface area contributed by atoms with Gasteiger partial charge in [0.1, 0.15) is 0 Å². The van der Waals surface area contributed by atoms with Crippen LogP contribution in [0.3, 0.4) is 0 Å². The average Bonchev–Trinajstić information content (AvgIpc) is 2.46. The van der Waals surface area contributed by atoms with E-state index in [2.05, 4.69) is 9.97 Å². The van der Waals surface area contributed by atoms with E-state index < -0.39 is 23.0 Å². The van der Waals surface area contributed by atoms with Crippen molar-refractivity contribution in [3.8, 4) is 11.3 Å². The summed E-state index contributed by atoms with van der Waals surface area (Å²) in [6.07, 6.45) is -3.29. The van der Waals surface area contributed by atoms with Crippen LogP contribution in [0.1, 0.15) is 5.56 Å². The number of hydrogen-bond acceptors (Lipinski definition) is 3. The van der Waals surface area contributed by atoms with Crippen LogP contribution in [0.5, 0.6) is 0 Å². The number of nitrogens with zero attached hydrogens (tertiary/aromatic N) is 1. The molecule has 112 valence electrons. The van der Waals surface area contributed by atoms with Gasteiger partial charge in [-0.15, -0.1) is 0 Å². The second kappa shape index (κ2) is 4.83. The molecule has 0 atom stereocenters. The van der Waals surface area contributed by atoms with Gasteiger partial charge in [0.05, 0.1) is 22.2 Å². The van der Waals surface area contributed by atoms with Crippen molar-refractivity contribution >= 4 is 10.9 Å². The van der Waals surface area contributed by atoms with E-state index in [1.807, 2.05) is 4.98 Å². The number of pyridine rings is 1. The highest BCUT2D eigenvalue weighted by atomic mass is 19.4. The summed E-state index contributed by atoms with van der Waals surface area (Å²) in [6, 6.07) is 6.35. The van der Waals surface area contributed by atoms with Gasteiger partial charge >= 0.3 is 11.9 Å². The van der Waals surface area contributed by atoms with Crippen molar-refractivity contribution in [2.75, 3.05) is 0 Å². The second-order valence-corrected chi connectivity index (χ2v) is 4.56. The number of halogens is 3. The minimum atomic E-state index is -4.65. The SMILES string of the molecule is O=c1[nH]c(=O)c2cc(-c3ccccn3)c(C(F)(F)F)cc2[nH]1. The van der Waals surface area contributed by atoms with Crippen molar-refractivity contribution in [3.63, 3.8) is 0 Å². The van der Waals surface area contributed by atoms with E-state index >= 15 is 0 Å². The van der Waals surface area contributed by atoms with Gasteiger partial charge in [-0.25, -0.2) is 4.79 Å². The summed E-state index contributed by atoms with van der Waals surface area (Å²) in [4.78, 5) is 31.0. The van der Waals surface area contributed by atoms with Crippen LogP contribution in [-0.4, -0.2) is 15.0 Å². The molecule has 0 spiro atoms. The van der Waals surface area contributed by atoms with E-state index in [0.717, 1.165) is 12.1 Å². The van der Waals surface area contributed by atoms with Crippen molar-refractivity contribution in [1.82, 2.24) is 15.0 Å². The second-order valence-electron chi connectivity index (χ2n) is 4.56. The van der Waals surface area contributed by atoms with Gasteiger partial charge in [0.15, 0.2) is 0 Å². The standard InChI is InChI=1S/C14H8F3N3O2/c15-14(16,17)9-6-11-8(12(21)20-13(22)19-11)5-7(9)10-3-1-2-4-18-10/h1-6H,(H2,19,20,21,22). The molecule has 0 aliphatic rings. The molecule has 5 nitrogen and oxygen atoms in total. The Morgan fingerprint density at radius 3 is 2.45 bits per heavy atom. The largest absolute Gasteiger partial charge is 0.417 e. The molecule has 22 heavy (non-hydrogen) atoms. The minimum absolute atomic E-state index is 0.0479. The predicted molar refractivity (Wildman–Crippen MR) is 73.4 cm³/mol. The van der Waals surface area contributed by atoms with Crippen LogP contribution >= 0.6 is 0 Å². The van der Waals surface area contributed by atoms with Gasteiger partial charge in [-0.1, -0.05) is 6.07 Å². The summed E-state index contributed by atoms with van der Waals surface area (Å²) in [5, 5.41) is -0.0479. The van der Waals surface area contributed by atoms with Crippen LogP contribution in [0, 0.1) is 0 Å². The van der Waals surface area contributed by atoms with Gasteiger partial charge in [-0.3, -0.25) is 14.8 Å². The highest BCUT2D eigenvalue weighted by Crippen LogP contribution is 2.37. The molecule has 2 N–H and O–H groups in total. The zero-order valence-electron chi connectivity index (χ0n) is 10.9. The lowest BCUT2D eigenvalue weighted by molar-refractivity contribution is -0.137. The van der Waals surface area contributed by atoms with Gasteiger partial charge in [-0.05, 0) is 24.3 Å². The number of rotatable bonds is 1. The molecule has 2 aromatic heterocycles. The average molecular weight is 307 g/mol. The number of fused-ring (bicyclic) bond motifs is 1. The molecule has 0 radical (unpaired) electrons. The van der Waals surface area contributed by atoms with Crippen LogP contribution in [0.15, 0.2) is 46.1 Å². The first-order chi connectivity index (χ1) is 10.4. The Kier molecular flexibility index (Phi) is 3.09. The summed E-state index contributed by atoms with van der Waals surface area (Å²) in [5.74, 6) is 0. The molecule has 8 heteroatoms. The topological polar surface area (TPSA) is 78.6 Å². The van der Waals surface area contributed by atoms with E-state index in [9.17, 15) is 22.8 Å². The van der Waals surface area contributed by atoms with Gasteiger partial charge < -0.3 is 4.98 Å². The van der Waals surface area contributed by atoms with Gasteiger partial charge in [0.2, 0.25) is 0 Å². The first-order valence-corrected chi connectivity index (χ1v) is 6.15. The quantitative estimate of drug-likeness (QED) is 0.724. The predicted octanol–water partition coefficient (Wildman–Crippen LogP) is 2.30. The maximum atomic E-state index is 13.3. The number of aromatic nitrogens is 3. The Balaban J connectivity index is 2.44. The lowest BCUT2D eigenvalue weighted by atomic mass is 10.0. The Bertz CT molecular complexity index is 959. The fourth-order valence-electron chi connectivity index (χ4n) is 2.18. The monoisotopic (exact) mass is 307 g/mol. The lowest BCUT2D eigenvalue weighted by Crippen LogP contribution is -2.22. The molecule has 0 aliphatic carbocycles. The summed E-state index contributed by atoms with van der Waals surface area (Å²) in [7, 11) is 0. The molecule has 0 unspecified atom stereocenters. The molecule has 0 bridgehead atoms. The van der Waals surface area contributed by atoms with E-state index in [4.69, 9.17) is 0 Å². The Morgan fingerprint density at radius 1 is 1.05 bits per heavy atom. The van der Waals surface area contributed by atoms with Crippen LogP contribution < -0.4 is 11.2 Å². The minimum Gasteiger partial charge on any atom is -0.307 e. The number of benzene rings is 1. The highest BCUT2D eigenvalue weighted by molar-refractivity contribution is 5.85. The summed E-state index contributed by atoms with van der Waals surface area (Å²) in [5.41, 5.74) is -2.91. The Labute approximate surface area is 120 Å². The van der Waals surface area contributed by atoms with Crippen molar-refractivity contribution in [3.05, 3.63) is 62.9 Å². The fraction of sp³-hybridized carbons (Fsp3) is 0.0714. The van der Waals surface area contributed by atoms with Crippen molar-refractivity contribution in [1.29, 1.82) is 0 Å². The smallest absolute Gasteiger partial charge is 0.307 e. The number of alkyl halides is 3. The third kappa shape index (κ3) is 2.39. The summed E-state index contributed by atoms with van der Waals surface area (Å²) in [6.45, 7) is 0. The number of H-pyrrole nitrogens is 2. The van der Waals surface area contributed by atoms with Crippen LogP contribution in [0.2, 0.25) is 0 Å². The normalized spacial score (nSPS) is 11.8. The highest BCUT2D eigenvalue weighted by Gasteiger charge is 2.34. The van der Waals surface area contributed by atoms with E-state index in [1.165, 1.54) is 12.3 Å². The van der Waals surface area contributed by atoms with Crippen molar-refractivity contribution in [2.45, 2.75) is 6.18 Å². The van der Waals surface area contributed by atoms with Crippen molar-refractivity contribution < 1.29 is 13.2 Å². The van der Waals surface area contributed by atoms with E-state index in [1.54, 1.807) is 12.1 Å². The van der Waals surface area contributed by atoms with Crippen LogP contribution in [-0.2, 0) is 6.18 Å². The van der Waals surface area contributed by atoms with Gasteiger partial charge in [-0.2, -0.15) is 13.2 Å². The molecule has 1 aromatic carbocycles. The molecular weight excluding hydrogens is 299 g/mol. The third-order valence-corrected chi connectivity index (χ3v) is 3.12. The molecule has 0 saturated carbocycles. The lowest BCUT2D eigenvalue weighted by Gasteiger charge is -2.13. The zero-order valence-corrected chi connectivity index (χ0v) is 10.9. The number of nitrogens with one attached hydrogen (secondary N) is 2.